The fraction of sp³-hybridized carbons (Fsp3) is 0.364. The van der Waals surface area contributed by atoms with Crippen molar-refractivity contribution in [3.05, 3.63) is 32.7 Å². The van der Waals surface area contributed by atoms with E-state index in [4.69, 9.17) is 5.53 Å². The van der Waals surface area contributed by atoms with Crippen molar-refractivity contribution in [3.8, 4) is 0 Å². The largest absolute Gasteiger partial charge is 0.465 e. The summed E-state index contributed by atoms with van der Waals surface area (Å²) in [7, 11) is -3.97. The molecule has 0 atom stereocenters. The molecule has 20 heavy (non-hydrogen) atoms. The lowest BCUT2D eigenvalue weighted by atomic mass is 9.97. The molecule has 7 nitrogen and oxygen atoms in total. The van der Waals surface area contributed by atoms with Crippen molar-refractivity contribution in [2.75, 3.05) is 7.11 Å². The summed E-state index contributed by atoms with van der Waals surface area (Å²) in [6.07, 6.45) is 0. The highest BCUT2D eigenvalue weighted by Crippen LogP contribution is 2.37. The van der Waals surface area contributed by atoms with E-state index in [2.05, 4.69) is 14.8 Å². The maximum atomic E-state index is 13.4. The maximum absolute atomic E-state index is 13.4. The number of rotatable bonds is 3. The average molecular weight is 301 g/mol. The van der Waals surface area contributed by atoms with E-state index in [0.717, 1.165) is 7.11 Å². The van der Waals surface area contributed by atoms with Crippen LogP contribution in [0.5, 0.6) is 0 Å². The third kappa shape index (κ3) is 2.59. The van der Waals surface area contributed by atoms with E-state index < -0.39 is 21.1 Å². The monoisotopic (exact) mass is 301 g/mol. The summed E-state index contributed by atoms with van der Waals surface area (Å²) in [6.45, 7) is 4.06. The van der Waals surface area contributed by atoms with Crippen molar-refractivity contribution in [3.63, 3.8) is 0 Å². The first-order valence-corrected chi connectivity index (χ1v) is 6.77. The summed E-state index contributed by atoms with van der Waals surface area (Å²) in [5, 5.41) is 3.34. The summed E-state index contributed by atoms with van der Waals surface area (Å²) >= 11 is 0. The van der Waals surface area contributed by atoms with Gasteiger partial charge in [-0.05, 0) is 43.0 Å². The predicted molar refractivity (Wildman–Crippen MR) is 69.1 cm³/mol. The molecule has 0 saturated carbocycles. The molecule has 108 valence electrons. The number of ether oxygens (including phenoxy) is 1. The normalized spacial score (nSPS) is 10.8. The molecule has 0 N–H and O–H groups in total. The van der Waals surface area contributed by atoms with Crippen LogP contribution >= 0.6 is 0 Å². The zero-order chi connectivity index (χ0) is 15.7. The fourth-order valence-corrected chi connectivity index (χ4v) is 3.08. The van der Waals surface area contributed by atoms with Crippen LogP contribution in [-0.2, 0) is 15.0 Å². The van der Waals surface area contributed by atoms with Gasteiger partial charge in [0.15, 0.2) is 0 Å². The number of esters is 1. The molecule has 0 unspecified atom stereocenters. The first kappa shape index (κ1) is 15.9. The number of azide groups is 1. The Labute approximate surface area is 115 Å². The number of hydrogen-bond acceptors (Lipinski definition) is 5. The second-order valence-electron chi connectivity index (χ2n) is 4.05. The highest BCUT2D eigenvalue weighted by Gasteiger charge is 2.28. The van der Waals surface area contributed by atoms with Gasteiger partial charge < -0.3 is 4.74 Å². The van der Waals surface area contributed by atoms with Gasteiger partial charge in [0, 0.05) is 10.6 Å². The van der Waals surface area contributed by atoms with Crippen molar-refractivity contribution in [1.29, 1.82) is 0 Å². The van der Waals surface area contributed by atoms with Gasteiger partial charge in [0.05, 0.1) is 12.7 Å². The molecule has 9 heteroatoms. The van der Waals surface area contributed by atoms with E-state index >= 15 is 0 Å². The minimum Gasteiger partial charge on any atom is -0.465 e. The van der Waals surface area contributed by atoms with Gasteiger partial charge in [0.2, 0.25) is 0 Å². The summed E-state index contributed by atoms with van der Waals surface area (Å²) in [4.78, 5) is 13.6. The van der Waals surface area contributed by atoms with Gasteiger partial charge in [0.25, 0.3) is 0 Å². The second-order valence-corrected chi connectivity index (χ2v) is 5.33. The Bertz CT molecular complexity index is 737. The van der Waals surface area contributed by atoms with Crippen molar-refractivity contribution in [1.82, 2.24) is 0 Å². The number of hydrogen-bond donors (Lipinski definition) is 0. The van der Waals surface area contributed by atoms with E-state index in [-0.39, 0.29) is 27.9 Å². The molecule has 0 aromatic heterocycles. The summed E-state index contributed by atoms with van der Waals surface area (Å²) in [5.74, 6) is -0.834. The molecule has 1 aromatic rings. The van der Waals surface area contributed by atoms with Crippen LogP contribution in [0.15, 0.2) is 10.0 Å². The summed E-state index contributed by atoms with van der Waals surface area (Å²) in [6, 6.07) is 0. The van der Waals surface area contributed by atoms with Gasteiger partial charge in [-0.2, -0.15) is 8.42 Å². The number of benzene rings is 1. The molecule has 0 aliphatic heterocycles. The smallest absolute Gasteiger partial charge is 0.338 e. The van der Waals surface area contributed by atoms with Gasteiger partial charge >= 0.3 is 16.2 Å². The number of nitrogens with zero attached hydrogens (tertiary/aromatic N) is 3. The van der Waals surface area contributed by atoms with Crippen LogP contribution in [0, 0.1) is 20.8 Å². The maximum Gasteiger partial charge on any atom is 0.338 e. The van der Waals surface area contributed by atoms with E-state index in [1.165, 1.54) is 20.8 Å². The molecule has 0 spiro atoms. The van der Waals surface area contributed by atoms with Gasteiger partial charge in [0.1, 0.15) is 4.90 Å². The molecule has 0 fully saturated rings. The van der Waals surface area contributed by atoms with Crippen LogP contribution in [0.25, 0.3) is 10.4 Å². The molecular weight excluding hydrogens is 289 g/mol. The molecule has 0 heterocycles. The Hall–Kier alpha value is -2.12. The van der Waals surface area contributed by atoms with Crippen molar-refractivity contribution in [2.45, 2.75) is 25.7 Å². The lowest BCUT2D eigenvalue weighted by Crippen LogP contribution is -2.12. The van der Waals surface area contributed by atoms with Crippen LogP contribution in [0.3, 0.4) is 0 Å². The van der Waals surface area contributed by atoms with Gasteiger partial charge in [-0.15, -0.1) is 3.89 Å². The zero-order valence-electron chi connectivity index (χ0n) is 11.3. The highest BCUT2D eigenvalue weighted by atomic mass is 32.3. The van der Waals surface area contributed by atoms with Crippen molar-refractivity contribution >= 4 is 21.9 Å². The number of methoxy groups -OCH3 is 1. The van der Waals surface area contributed by atoms with Gasteiger partial charge in [-0.1, -0.05) is 5.11 Å². The third-order valence-corrected chi connectivity index (χ3v) is 4.02. The average Bonchev–Trinajstić information content (AvgIpc) is 2.32. The van der Waals surface area contributed by atoms with Crippen LogP contribution in [-0.4, -0.2) is 21.5 Å². The topological polar surface area (TPSA) is 109 Å². The molecule has 0 saturated heterocycles. The Morgan fingerprint density at radius 3 is 2.20 bits per heavy atom. The van der Waals surface area contributed by atoms with Crippen LogP contribution in [0.1, 0.15) is 27.0 Å². The highest BCUT2D eigenvalue weighted by molar-refractivity contribution is 7.86. The number of carbonyl (C=O) groups excluding carboxylic acids is 1. The predicted octanol–water partition coefficient (Wildman–Crippen LogP) is 3.00. The lowest BCUT2D eigenvalue weighted by Gasteiger charge is -2.16. The van der Waals surface area contributed by atoms with E-state index in [1.807, 2.05) is 0 Å². The molecule has 1 aromatic carbocycles. The fourth-order valence-electron chi connectivity index (χ4n) is 2.15. The molecule has 0 aliphatic rings. The molecular formula is C11H12FN3O4S. The van der Waals surface area contributed by atoms with Crippen LogP contribution < -0.4 is 0 Å². The second kappa shape index (κ2) is 5.48. The Morgan fingerprint density at radius 1 is 1.25 bits per heavy atom. The van der Waals surface area contributed by atoms with Gasteiger partial charge in [-0.25, -0.2) is 4.79 Å². The molecule has 0 aliphatic carbocycles. The van der Waals surface area contributed by atoms with Crippen molar-refractivity contribution < 1.29 is 21.8 Å². The van der Waals surface area contributed by atoms with Crippen molar-refractivity contribution in [2.24, 2.45) is 5.11 Å². The number of halogens is 1. The van der Waals surface area contributed by atoms with Crippen LogP contribution in [0.4, 0.5) is 9.57 Å². The van der Waals surface area contributed by atoms with E-state index in [0.29, 0.717) is 0 Å². The third-order valence-electron chi connectivity index (χ3n) is 2.92. The lowest BCUT2D eigenvalue weighted by molar-refractivity contribution is 0.0599. The van der Waals surface area contributed by atoms with Gasteiger partial charge in [-0.3, -0.25) is 0 Å². The Morgan fingerprint density at radius 2 is 1.80 bits per heavy atom. The first-order valence-electron chi connectivity index (χ1n) is 5.38. The molecule has 1 rings (SSSR count). The standard InChI is InChI=1S/C11H12FN3O4S/c1-5-8(11(16)19-4)6(2)10(20(12,17)18)7(3)9(5)14-15-13/h1-4H3. The summed E-state index contributed by atoms with van der Waals surface area (Å²) in [5.41, 5.74) is 8.39. The first-order chi connectivity index (χ1) is 9.16. The van der Waals surface area contributed by atoms with E-state index in [1.54, 1.807) is 0 Å². The quantitative estimate of drug-likeness (QED) is 0.281. The zero-order valence-corrected chi connectivity index (χ0v) is 12.1. The number of carbonyl (C=O) groups is 1. The molecule has 0 bridgehead atoms. The van der Waals surface area contributed by atoms with E-state index in [9.17, 15) is 17.1 Å². The summed E-state index contributed by atoms with van der Waals surface area (Å²) < 4.78 is 40.5. The minimum absolute atomic E-state index is 0.0482. The SMILES string of the molecule is COC(=O)c1c(C)c(N=[N+]=[N-])c(C)c(S(=O)(=O)F)c1C. The molecule has 0 radical (unpaired) electrons. The van der Waals surface area contributed by atoms with Crippen LogP contribution in [0.2, 0.25) is 0 Å². The minimum atomic E-state index is -5.08. The molecule has 0 amide bonds. The Balaban J connectivity index is 4.04. The Kier molecular flexibility index (Phi) is 4.36.